The Hall–Kier alpha value is -3.08. The van der Waals surface area contributed by atoms with E-state index in [0.29, 0.717) is 18.1 Å². The third-order valence-electron chi connectivity index (χ3n) is 3.55. The number of rotatable bonds is 5. The molecule has 0 saturated heterocycles. The number of amidine groups is 1. The first-order chi connectivity index (χ1) is 11.7. The van der Waals surface area contributed by atoms with E-state index in [1.54, 1.807) is 13.2 Å². The predicted molar refractivity (Wildman–Crippen MR) is 93.3 cm³/mol. The zero-order chi connectivity index (χ0) is 16.9. The molecule has 0 aromatic heterocycles. The normalized spacial score (nSPS) is 15.2. The molecule has 122 valence electrons. The molecule has 24 heavy (non-hydrogen) atoms. The molecule has 5 nitrogen and oxygen atoms in total. The molecule has 0 aliphatic carbocycles. The molecule has 2 aromatic rings. The largest absolute Gasteiger partial charge is 0.497 e. The Morgan fingerprint density at radius 2 is 1.71 bits per heavy atom. The van der Waals surface area contributed by atoms with Crippen molar-refractivity contribution >= 4 is 17.8 Å². The maximum atomic E-state index is 12.1. The molecule has 3 rings (SSSR count). The number of carbonyl (C=O) groups excluding carboxylic acids is 1. The smallest absolute Gasteiger partial charge is 0.275 e. The van der Waals surface area contributed by atoms with Gasteiger partial charge in [-0.1, -0.05) is 12.1 Å². The fourth-order valence-corrected chi connectivity index (χ4v) is 2.34. The van der Waals surface area contributed by atoms with Crippen molar-refractivity contribution in [2.75, 3.05) is 13.7 Å². The van der Waals surface area contributed by atoms with Gasteiger partial charge in [-0.3, -0.25) is 4.79 Å². The van der Waals surface area contributed by atoms with Crippen molar-refractivity contribution in [3.8, 4) is 11.5 Å². The Kier molecular flexibility index (Phi) is 4.61. The van der Waals surface area contributed by atoms with E-state index >= 15 is 0 Å². The third kappa shape index (κ3) is 3.46. The van der Waals surface area contributed by atoms with Crippen LogP contribution in [-0.2, 0) is 4.79 Å². The SMILES string of the molecule is CCOc1ccc(/C=C2/N=C(c3ccc(OC)cc3)NC2=O)cc1. The van der Waals surface area contributed by atoms with Gasteiger partial charge in [0.1, 0.15) is 23.0 Å². The van der Waals surface area contributed by atoms with Gasteiger partial charge in [0, 0.05) is 5.56 Å². The lowest BCUT2D eigenvalue weighted by molar-refractivity contribution is -0.115. The van der Waals surface area contributed by atoms with E-state index < -0.39 is 0 Å². The minimum absolute atomic E-state index is 0.213. The lowest BCUT2D eigenvalue weighted by Crippen LogP contribution is -2.24. The highest BCUT2D eigenvalue weighted by molar-refractivity contribution is 6.19. The Morgan fingerprint density at radius 1 is 1.04 bits per heavy atom. The Bertz CT molecular complexity index is 790. The highest BCUT2D eigenvalue weighted by atomic mass is 16.5. The molecule has 5 heteroatoms. The molecule has 0 fully saturated rings. The van der Waals surface area contributed by atoms with Gasteiger partial charge < -0.3 is 14.8 Å². The van der Waals surface area contributed by atoms with Gasteiger partial charge in [-0.2, -0.15) is 0 Å². The van der Waals surface area contributed by atoms with Crippen molar-refractivity contribution in [2.45, 2.75) is 6.92 Å². The monoisotopic (exact) mass is 322 g/mol. The van der Waals surface area contributed by atoms with Crippen LogP contribution in [0.25, 0.3) is 6.08 Å². The number of hydrogen-bond donors (Lipinski definition) is 1. The summed E-state index contributed by atoms with van der Waals surface area (Å²) in [6.07, 6.45) is 1.75. The van der Waals surface area contributed by atoms with Crippen molar-refractivity contribution < 1.29 is 14.3 Å². The highest BCUT2D eigenvalue weighted by Crippen LogP contribution is 2.19. The van der Waals surface area contributed by atoms with Crippen LogP contribution in [0, 0.1) is 0 Å². The molecule has 0 unspecified atom stereocenters. The summed E-state index contributed by atoms with van der Waals surface area (Å²) in [5.41, 5.74) is 2.10. The van der Waals surface area contributed by atoms with Crippen molar-refractivity contribution in [1.29, 1.82) is 0 Å². The lowest BCUT2D eigenvalue weighted by Gasteiger charge is -2.02. The molecular weight excluding hydrogens is 304 g/mol. The number of methoxy groups -OCH3 is 1. The molecule has 0 spiro atoms. The van der Waals surface area contributed by atoms with Crippen LogP contribution in [-0.4, -0.2) is 25.5 Å². The standard InChI is InChI=1S/C19H18N2O3/c1-3-24-16-8-4-13(5-9-16)12-17-19(22)21-18(20-17)14-6-10-15(23-2)11-7-14/h4-12H,3H2,1-2H3,(H,20,21,22)/b17-12+. The number of benzene rings is 2. The Labute approximate surface area is 140 Å². The topological polar surface area (TPSA) is 59.9 Å². The van der Waals surface area contributed by atoms with E-state index in [1.165, 1.54) is 0 Å². The van der Waals surface area contributed by atoms with Gasteiger partial charge in [-0.25, -0.2) is 4.99 Å². The summed E-state index contributed by atoms with van der Waals surface area (Å²) in [4.78, 5) is 16.5. The van der Waals surface area contributed by atoms with E-state index in [2.05, 4.69) is 10.3 Å². The Balaban J connectivity index is 1.82. The summed E-state index contributed by atoms with van der Waals surface area (Å²) in [6.45, 7) is 2.56. The second-order valence-corrected chi connectivity index (χ2v) is 5.17. The zero-order valence-corrected chi connectivity index (χ0v) is 13.6. The zero-order valence-electron chi connectivity index (χ0n) is 13.6. The fourth-order valence-electron chi connectivity index (χ4n) is 2.34. The first-order valence-corrected chi connectivity index (χ1v) is 7.68. The van der Waals surface area contributed by atoms with Gasteiger partial charge in [-0.05, 0) is 55.0 Å². The van der Waals surface area contributed by atoms with Crippen LogP contribution < -0.4 is 14.8 Å². The molecule has 0 saturated carbocycles. The number of nitrogens with one attached hydrogen (secondary N) is 1. The first kappa shape index (κ1) is 15.8. The number of nitrogens with zero attached hydrogens (tertiary/aromatic N) is 1. The lowest BCUT2D eigenvalue weighted by atomic mass is 10.2. The summed E-state index contributed by atoms with van der Waals surface area (Å²) in [5.74, 6) is 1.89. The number of carbonyl (C=O) groups is 1. The summed E-state index contributed by atoms with van der Waals surface area (Å²) >= 11 is 0. The van der Waals surface area contributed by atoms with Gasteiger partial charge >= 0.3 is 0 Å². The van der Waals surface area contributed by atoms with Crippen LogP contribution in [0.1, 0.15) is 18.1 Å². The van der Waals surface area contributed by atoms with E-state index in [4.69, 9.17) is 9.47 Å². The number of aliphatic imine (C=N–C) groups is 1. The molecule has 1 heterocycles. The van der Waals surface area contributed by atoms with Crippen molar-refractivity contribution in [3.05, 3.63) is 65.4 Å². The average Bonchev–Trinajstić information content (AvgIpc) is 2.98. The fraction of sp³-hybridized carbons (Fsp3) is 0.158. The Morgan fingerprint density at radius 3 is 2.33 bits per heavy atom. The maximum Gasteiger partial charge on any atom is 0.275 e. The number of amides is 1. The molecule has 0 bridgehead atoms. The molecule has 1 amide bonds. The number of hydrogen-bond acceptors (Lipinski definition) is 4. The van der Waals surface area contributed by atoms with Crippen LogP contribution in [0.3, 0.4) is 0 Å². The van der Waals surface area contributed by atoms with Gasteiger partial charge in [0.2, 0.25) is 0 Å². The van der Waals surface area contributed by atoms with Gasteiger partial charge in [0.25, 0.3) is 5.91 Å². The summed E-state index contributed by atoms with van der Waals surface area (Å²) in [5, 5.41) is 2.79. The molecule has 0 radical (unpaired) electrons. The van der Waals surface area contributed by atoms with Gasteiger partial charge in [-0.15, -0.1) is 0 Å². The van der Waals surface area contributed by atoms with Gasteiger partial charge in [0.05, 0.1) is 13.7 Å². The molecule has 2 aromatic carbocycles. The summed E-state index contributed by atoms with van der Waals surface area (Å²) < 4.78 is 10.5. The molecule has 1 aliphatic rings. The third-order valence-corrected chi connectivity index (χ3v) is 3.55. The van der Waals surface area contributed by atoms with Crippen molar-refractivity contribution in [3.63, 3.8) is 0 Å². The van der Waals surface area contributed by atoms with Crippen LogP contribution in [0.5, 0.6) is 11.5 Å². The van der Waals surface area contributed by atoms with Crippen LogP contribution in [0.2, 0.25) is 0 Å². The predicted octanol–water partition coefficient (Wildman–Crippen LogP) is 3.01. The quantitative estimate of drug-likeness (QED) is 0.861. The van der Waals surface area contributed by atoms with E-state index in [9.17, 15) is 4.79 Å². The number of ether oxygens (including phenoxy) is 2. The van der Waals surface area contributed by atoms with Crippen LogP contribution in [0.15, 0.2) is 59.2 Å². The van der Waals surface area contributed by atoms with E-state index in [-0.39, 0.29) is 5.91 Å². The second-order valence-electron chi connectivity index (χ2n) is 5.17. The van der Waals surface area contributed by atoms with E-state index in [0.717, 1.165) is 22.6 Å². The minimum Gasteiger partial charge on any atom is -0.497 e. The summed E-state index contributed by atoms with van der Waals surface area (Å²) in [6, 6.07) is 14.9. The summed E-state index contributed by atoms with van der Waals surface area (Å²) in [7, 11) is 1.61. The first-order valence-electron chi connectivity index (χ1n) is 7.68. The molecule has 0 atom stereocenters. The minimum atomic E-state index is -0.213. The average molecular weight is 322 g/mol. The second kappa shape index (κ2) is 7.00. The van der Waals surface area contributed by atoms with Crippen LogP contribution >= 0.6 is 0 Å². The molecule has 1 aliphatic heterocycles. The molecule has 1 N–H and O–H groups in total. The molecular formula is C19H18N2O3. The van der Waals surface area contributed by atoms with Crippen molar-refractivity contribution in [1.82, 2.24) is 5.32 Å². The highest BCUT2D eigenvalue weighted by Gasteiger charge is 2.21. The van der Waals surface area contributed by atoms with Gasteiger partial charge in [0.15, 0.2) is 0 Å². The van der Waals surface area contributed by atoms with Crippen LogP contribution in [0.4, 0.5) is 0 Å². The maximum absolute atomic E-state index is 12.1. The van der Waals surface area contributed by atoms with E-state index in [1.807, 2.05) is 55.5 Å². The van der Waals surface area contributed by atoms with Crippen molar-refractivity contribution in [2.24, 2.45) is 4.99 Å².